The molecular weight excluding hydrogens is 194 g/mol. The van der Waals surface area contributed by atoms with Crippen molar-refractivity contribution < 1.29 is 5.11 Å². The Morgan fingerprint density at radius 1 is 1.53 bits per heavy atom. The maximum atomic E-state index is 11.5. The third-order valence-electron chi connectivity index (χ3n) is 2.20. The van der Waals surface area contributed by atoms with E-state index in [-0.39, 0.29) is 11.4 Å². The van der Waals surface area contributed by atoms with E-state index in [1.165, 1.54) is 0 Å². The standard InChI is InChI=1S/C10H11N3O2/c1-2-6-9(14)12-8(13-10(6)15)7-4-3-5-11-7/h3-5,11H,2H2,1H3,(H2,12,13,14,15). The predicted molar refractivity (Wildman–Crippen MR) is 55.7 cm³/mol. The van der Waals surface area contributed by atoms with Crippen LogP contribution in [0, 0.1) is 0 Å². The number of hydrogen-bond acceptors (Lipinski definition) is 3. The third kappa shape index (κ3) is 1.63. The van der Waals surface area contributed by atoms with Crippen LogP contribution in [0.3, 0.4) is 0 Å². The van der Waals surface area contributed by atoms with E-state index in [1.807, 2.05) is 0 Å². The molecule has 5 heteroatoms. The average Bonchev–Trinajstić information content (AvgIpc) is 2.69. The summed E-state index contributed by atoms with van der Waals surface area (Å²) in [5.41, 5.74) is 0.685. The fourth-order valence-corrected chi connectivity index (χ4v) is 1.41. The Morgan fingerprint density at radius 2 is 2.33 bits per heavy atom. The normalized spacial score (nSPS) is 10.5. The quantitative estimate of drug-likeness (QED) is 0.684. The Hall–Kier alpha value is -2.04. The minimum atomic E-state index is -0.297. The predicted octanol–water partition coefficient (Wildman–Crippen LogP) is 1.03. The van der Waals surface area contributed by atoms with E-state index < -0.39 is 0 Å². The molecule has 0 unspecified atom stereocenters. The van der Waals surface area contributed by atoms with Crippen LogP contribution in [0.15, 0.2) is 23.1 Å². The van der Waals surface area contributed by atoms with Crippen LogP contribution in [0.25, 0.3) is 11.5 Å². The molecule has 5 nitrogen and oxygen atoms in total. The van der Waals surface area contributed by atoms with Crippen LogP contribution >= 0.6 is 0 Å². The summed E-state index contributed by atoms with van der Waals surface area (Å²) in [6, 6.07) is 3.56. The number of H-pyrrole nitrogens is 2. The van der Waals surface area contributed by atoms with Gasteiger partial charge < -0.3 is 15.1 Å². The zero-order valence-corrected chi connectivity index (χ0v) is 8.24. The average molecular weight is 205 g/mol. The lowest BCUT2D eigenvalue weighted by atomic mass is 10.2. The molecule has 15 heavy (non-hydrogen) atoms. The third-order valence-corrected chi connectivity index (χ3v) is 2.20. The topological polar surface area (TPSA) is 81.8 Å². The molecule has 0 bridgehead atoms. The molecule has 0 aliphatic rings. The molecule has 0 aliphatic heterocycles. The molecular formula is C10H11N3O2. The van der Waals surface area contributed by atoms with Crippen LogP contribution < -0.4 is 5.56 Å². The summed E-state index contributed by atoms with van der Waals surface area (Å²) in [7, 11) is 0. The second-order valence-corrected chi connectivity index (χ2v) is 3.15. The first-order chi connectivity index (χ1) is 7.22. The fraction of sp³-hybridized carbons (Fsp3) is 0.200. The van der Waals surface area contributed by atoms with Gasteiger partial charge in [-0.3, -0.25) is 4.79 Å². The number of aromatic hydroxyl groups is 1. The second kappa shape index (κ2) is 3.61. The van der Waals surface area contributed by atoms with E-state index in [0.717, 1.165) is 0 Å². The lowest BCUT2D eigenvalue weighted by Crippen LogP contribution is -2.14. The molecule has 0 aliphatic carbocycles. The van der Waals surface area contributed by atoms with Crippen molar-refractivity contribution in [3.63, 3.8) is 0 Å². The Kier molecular flexibility index (Phi) is 2.29. The molecule has 0 atom stereocenters. The minimum Gasteiger partial charge on any atom is -0.493 e. The van der Waals surface area contributed by atoms with Gasteiger partial charge in [0, 0.05) is 6.20 Å². The zero-order chi connectivity index (χ0) is 10.8. The molecule has 0 saturated heterocycles. The molecule has 0 radical (unpaired) electrons. The molecule has 2 heterocycles. The van der Waals surface area contributed by atoms with Gasteiger partial charge in [-0.15, -0.1) is 0 Å². The van der Waals surface area contributed by atoms with Gasteiger partial charge in [0.1, 0.15) is 0 Å². The van der Waals surface area contributed by atoms with Crippen LogP contribution in [0.1, 0.15) is 12.5 Å². The van der Waals surface area contributed by atoms with Gasteiger partial charge in [-0.05, 0) is 18.6 Å². The maximum absolute atomic E-state index is 11.5. The summed E-state index contributed by atoms with van der Waals surface area (Å²) in [5.74, 6) is 0.144. The van der Waals surface area contributed by atoms with Crippen LogP contribution in [0.2, 0.25) is 0 Å². The van der Waals surface area contributed by atoms with Crippen molar-refractivity contribution >= 4 is 0 Å². The lowest BCUT2D eigenvalue weighted by molar-refractivity contribution is 0.444. The van der Waals surface area contributed by atoms with Gasteiger partial charge in [-0.2, -0.15) is 4.98 Å². The summed E-state index contributed by atoms with van der Waals surface area (Å²) >= 11 is 0. The highest BCUT2D eigenvalue weighted by molar-refractivity contribution is 5.50. The van der Waals surface area contributed by atoms with Crippen LogP contribution in [-0.4, -0.2) is 20.1 Å². The Labute approximate surface area is 85.8 Å². The molecule has 2 aromatic rings. The molecule has 0 amide bonds. The summed E-state index contributed by atoms with van der Waals surface area (Å²) in [5, 5.41) is 9.53. The summed E-state index contributed by atoms with van der Waals surface area (Å²) in [6.07, 6.45) is 2.18. The number of nitrogens with one attached hydrogen (secondary N) is 2. The van der Waals surface area contributed by atoms with Crippen molar-refractivity contribution in [1.82, 2.24) is 15.0 Å². The van der Waals surface area contributed by atoms with Gasteiger partial charge >= 0.3 is 0 Å². The highest BCUT2D eigenvalue weighted by Gasteiger charge is 2.09. The van der Waals surface area contributed by atoms with Crippen molar-refractivity contribution in [2.75, 3.05) is 0 Å². The first-order valence-corrected chi connectivity index (χ1v) is 4.68. The van der Waals surface area contributed by atoms with Crippen molar-refractivity contribution in [3.8, 4) is 17.4 Å². The first kappa shape index (κ1) is 9.51. The van der Waals surface area contributed by atoms with Gasteiger partial charge in [-0.1, -0.05) is 6.92 Å². The number of aromatic amines is 2. The van der Waals surface area contributed by atoms with E-state index in [1.54, 1.807) is 25.3 Å². The number of hydrogen-bond donors (Lipinski definition) is 3. The van der Waals surface area contributed by atoms with Crippen molar-refractivity contribution in [2.45, 2.75) is 13.3 Å². The molecule has 78 valence electrons. The van der Waals surface area contributed by atoms with E-state index in [9.17, 15) is 9.90 Å². The summed E-state index contributed by atoms with van der Waals surface area (Å²) < 4.78 is 0. The van der Waals surface area contributed by atoms with Crippen molar-refractivity contribution in [2.24, 2.45) is 0 Å². The van der Waals surface area contributed by atoms with Crippen LogP contribution in [0.5, 0.6) is 5.88 Å². The Balaban J connectivity index is 2.58. The second-order valence-electron chi connectivity index (χ2n) is 3.15. The van der Waals surface area contributed by atoms with Crippen molar-refractivity contribution in [1.29, 1.82) is 0 Å². The number of nitrogens with zero attached hydrogens (tertiary/aromatic N) is 1. The van der Waals surface area contributed by atoms with E-state index >= 15 is 0 Å². The van der Waals surface area contributed by atoms with E-state index in [2.05, 4.69) is 15.0 Å². The van der Waals surface area contributed by atoms with Gasteiger partial charge in [0.05, 0.1) is 11.3 Å². The Bertz CT molecular complexity index is 514. The smallest absolute Gasteiger partial charge is 0.258 e. The monoisotopic (exact) mass is 205 g/mol. The number of rotatable bonds is 2. The van der Waals surface area contributed by atoms with Crippen LogP contribution in [0.4, 0.5) is 0 Å². The Morgan fingerprint density at radius 3 is 2.87 bits per heavy atom. The van der Waals surface area contributed by atoms with E-state index in [0.29, 0.717) is 23.5 Å². The lowest BCUT2D eigenvalue weighted by Gasteiger charge is -2.02. The van der Waals surface area contributed by atoms with Gasteiger partial charge in [0.15, 0.2) is 5.82 Å². The molecule has 0 fully saturated rings. The minimum absolute atomic E-state index is 0.203. The largest absolute Gasteiger partial charge is 0.493 e. The molecule has 3 N–H and O–H groups in total. The number of aromatic nitrogens is 3. The van der Waals surface area contributed by atoms with E-state index in [4.69, 9.17) is 0 Å². The maximum Gasteiger partial charge on any atom is 0.258 e. The SMILES string of the molecule is CCc1c(O)nc(-c2ccc[nH]2)[nH]c1=O. The van der Waals surface area contributed by atoms with Crippen LogP contribution in [-0.2, 0) is 6.42 Å². The highest BCUT2D eigenvalue weighted by Crippen LogP contribution is 2.15. The summed E-state index contributed by atoms with van der Waals surface area (Å²) in [4.78, 5) is 20.9. The van der Waals surface area contributed by atoms with Gasteiger partial charge in [0.25, 0.3) is 5.56 Å². The fourth-order valence-electron chi connectivity index (χ4n) is 1.41. The molecule has 0 spiro atoms. The molecule has 2 aromatic heterocycles. The molecule has 0 aromatic carbocycles. The zero-order valence-electron chi connectivity index (χ0n) is 8.24. The van der Waals surface area contributed by atoms with Gasteiger partial charge in [0.2, 0.25) is 5.88 Å². The molecule has 2 rings (SSSR count). The van der Waals surface area contributed by atoms with Gasteiger partial charge in [-0.25, -0.2) is 0 Å². The first-order valence-electron chi connectivity index (χ1n) is 4.68. The van der Waals surface area contributed by atoms with Crippen molar-refractivity contribution in [3.05, 3.63) is 34.2 Å². The molecule has 0 saturated carbocycles. The summed E-state index contributed by atoms with van der Waals surface area (Å²) in [6.45, 7) is 1.79. The highest BCUT2D eigenvalue weighted by atomic mass is 16.3.